The first-order valence-electron chi connectivity index (χ1n) is 17.8. The van der Waals surface area contributed by atoms with Crippen LogP contribution in [-0.2, 0) is 12.6 Å². The average Bonchev–Trinajstić information content (AvgIpc) is 3.19. The number of amidine groups is 2. The van der Waals surface area contributed by atoms with Crippen LogP contribution in [0, 0.1) is 0 Å². The van der Waals surface area contributed by atoms with Gasteiger partial charge in [-0.05, 0) is 85.1 Å². The second-order valence-corrected chi connectivity index (χ2v) is 14.5. The molecule has 0 saturated heterocycles. The van der Waals surface area contributed by atoms with Crippen molar-refractivity contribution in [3.05, 3.63) is 164 Å². The molecule has 6 aromatic rings. The highest BCUT2D eigenvalue weighted by Gasteiger charge is 2.33. The van der Waals surface area contributed by atoms with Crippen LogP contribution < -0.4 is 22.1 Å². The summed E-state index contributed by atoms with van der Waals surface area (Å²) in [5, 5.41) is 7.55. The van der Waals surface area contributed by atoms with Gasteiger partial charge in [-0.1, -0.05) is 65.1 Å². The van der Waals surface area contributed by atoms with E-state index in [2.05, 4.69) is 30.6 Å². The molecule has 6 rings (SSSR count). The number of aromatic nitrogens is 2. The maximum atomic E-state index is 13.9. The van der Waals surface area contributed by atoms with Gasteiger partial charge in [0, 0.05) is 64.3 Å². The summed E-state index contributed by atoms with van der Waals surface area (Å²) in [5.74, 6) is -1.20. The molecule has 0 spiro atoms. The lowest BCUT2D eigenvalue weighted by Gasteiger charge is -2.15. The smallest absolute Gasteiger partial charge is 0.398 e. The fourth-order valence-electron chi connectivity index (χ4n) is 6.16. The van der Waals surface area contributed by atoms with Gasteiger partial charge in [-0.2, -0.15) is 13.2 Å². The van der Waals surface area contributed by atoms with Crippen molar-refractivity contribution in [1.82, 2.24) is 20.6 Å². The zero-order valence-electron chi connectivity index (χ0n) is 31.3. The first-order valence-corrected chi connectivity index (χ1v) is 18.9. The maximum absolute atomic E-state index is 13.9. The quantitative estimate of drug-likeness (QED) is 0.0838. The van der Waals surface area contributed by atoms with E-state index in [0.717, 1.165) is 17.5 Å². The van der Waals surface area contributed by atoms with Crippen LogP contribution in [0.3, 0.4) is 0 Å². The zero-order valence-corrected chi connectivity index (χ0v) is 33.5. The van der Waals surface area contributed by atoms with Crippen LogP contribution in [0.1, 0.15) is 49.9 Å². The first-order chi connectivity index (χ1) is 28.1. The summed E-state index contributed by atoms with van der Waals surface area (Å²) in [6, 6.07) is 22.7. The molecule has 0 fully saturated rings. The lowest BCUT2D eigenvalue weighted by Crippen LogP contribution is -2.31. The average molecular weight is 858 g/mol. The minimum Gasteiger partial charge on any atom is -0.398 e. The van der Waals surface area contributed by atoms with Gasteiger partial charge in [0.2, 0.25) is 0 Å². The molecule has 2 aromatic heterocycles. The summed E-state index contributed by atoms with van der Waals surface area (Å²) in [6.45, 7) is 1.73. The van der Waals surface area contributed by atoms with E-state index >= 15 is 0 Å². The van der Waals surface area contributed by atoms with Gasteiger partial charge in [-0.3, -0.25) is 29.5 Å². The molecule has 0 aliphatic heterocycles. The molecular weight excluding hydrogens is 824 g/mol. The molecule has 0 radical (unpaired) electrons. The molecule has 2 amide bonds. The number of carbonyl (C=O) groups excluding carboxylic acids is 2. The van der Waals surface area contributed by atoms with Crippen LogP contribution >= 0.6 is 34.8 Å². The van der Waals surface area contributed by atoms with Crippen LogP contribution in [-0.4, -0.2) is 46.5 Å². The Morgan fingerprint density at radius 2 is 1.31 bits per heavy atom. The molecule has 59 heavy (non-hydrogen) atoms. The Morgan fingerprint density at radius 1 is 0.746 bits per heavy atom. The van der Waals surface area contributed by atoms with E-state index in [0.29, 0.717) is 32.6 Å². The lowest BCUT2D eigenvalue weighted by molar-refractivity contribution is -0.137. The van der Waals surface area contributed by atoms with E-state index in [-0.39, 0.29) is 56.2 Å². The minimum absolute atomic E-state index is 0.0613. The maximum Gasteiger partial charge on any atom is 0.417 e. The highest BCUT2D eigenvalue weighted by Crippen LogP contribution is 2.34. The second-order valence-electron chi connectivity index (χ2n) is 13.2. The number of carbonyl (C=O) groups is 2. The van der Waals surface area contributed by atoms with E-state index in [9.17, 15) is 22.8 Å². The largest absolute Gasteiger partial charge is 0.417 e. The Morgan fingerprint density at radius 3 is 1.88 bits per heavy atom. The van der Waals surface area contributed by atoms with Gasteiger partial charge < -0.3 is 22.1 Å². The number of nitrogens with zero attached hydrogens (tertiary/aromatic N) is 4. The third kappa shape index (κ3) is 10.4. The third-order valence-corrected chi connectivity index (χ3v) is 9.75. The monoisotopic (exact) mass is 856 g/mol. The highest BCUT2D eigenvalue weighted by molar-refractivity contribution is 6.36. The van der Waals surface area contributed by atoms with Crippen molar-refractivity contribution >= 4 is 91.5 Å². The Hall–Kier alpha value is -6.28. The fraction of sp³-hybridized carbons (Fsp3) is 0.116. The van der Waals surface area contributed by atoms with Gasteiger partial charge in [0.1, 0.15) is 11.7 Å². The molecule has 10 nitrogen and oxygen atoms in total. The van der Waals surface area contributed by atoms with Crippen LogP contribution in [0.15, 0.2) is 126 Å². The highest BCUT2D eigenvalue weighted by atomic mass is 35.5. The predicted molar refractivity (Wildman–Crippen MR) is 230 cm³/mol. The van der Waals surface area contributed by atoms with Crippen molar-refractivity contribution < 1.29 is 22.8 Å². The number of benzene rings is 4. The van der Waals surface area contributed by atoms with Gasteiger partial charge in [0.05, 0.1) is 43.8 Å². The van der Waals surface area contributed by atoms with Crippen molar-refractivity contribution in [1.29, 1.82) is 0 Å². The number of aliphatic imine (C=N–C) groups is 2. The minimum atomic E-state index is -4.70. The Bertz CT molecular complexity index is 2730. The molecule has 0 saturated carbocycles. The van der Waals surface area contributed by atoms with Gasteiger partial charge >= 0.3 is 6.18 Å². The molecule has 0 bridgehead atoms. The van der Waals surface area contributed by atoms with E-state index in [4.69, 9.17) is 46.3 Å². The third-order valence-electron chi connectivity index (χ3n) is 8.91. The zero-order chi connectivity index (χ0) is 42.4. The number of pyridine rings is 2. The molecule has 1 unspecified atom stereocenters. The van der Waals surface area contributed by atoms with Crippen LogP contribution in [0.25, 0.3) is 33.2 Å². The summed E-state index contributed by atoms with van der Waals surface area (Å²) < 4.78 is 41.8. The summed E-state index contributed by atoms with van der Waals surface area (Å²) in [4.78, 5) is 44.3. The molecule has 0 aliphatic rings. The molecule has 16 heteroatoms. The van der Waals surface area contributed by atoms with Crippen molar-refractivity contribution in [3.8, 4) is 0 Å². The molecule has 6 N–H and O–H groups in total. The predicted octanol–water partition coefficient (Wildman–Crippen LogP) is 9.28. The number of nitrogens with one attached hydrogen (secondary N) is 2. The standard InChI is InChI=1S/C43H34Cl3F3N8O2/c1-23(13-24-14-27(16-28(44)15-24)35(50)21-39(52-2)56-41(58)30-19-37-25(17-33(30)45)7-5-11-53-37)55-40(22-36(51)29-9-3-4-10-32(29)43(47,48)49)57-42(59)31-20-38-26(18-34(31)46)8-6-12-54-38/h3-12,14-23H,13,50-51H2,1-2H3,(H,52,56,58)(H,55,57,59)/b35-21-,36-22-. The molecule has 4 aromatic carbocycles. The second kappa shape index (κ2) is 18.1. The van der Waals surface area contributed by atoms with Crippen molar-refractivity contribution in [2.45, 2.75) is 25.6 Å². The fourth-order valence-corrected chi connectivity index (χ4v) is 6.93. The molecular formula is C43H34Cl3F3N8O2. The number of nitrogens with two attached hydrogens (primary N) is 2. The van der Waals surface area contributed by atoms with Crippen molar-refractivity contribution in [2.75, 3.05) is 7.05 Å². The number of amides is 2. The van der Waals surface area contributed by atoms with Crippen molar-refractivity contribution in [3.63, 3.8) is 0 Å². The van der Waals surface area contributed by atoms with Crippen LogP contribution in [0.2, 0.25) is 15.1 Å². The summed E-state index contributed by atoms with van der Waals surface area (Å²) in [6.07, 6.45) is 1.34. The lowest BCUT2D eigenvalue weighted by atomic mass is 10.0. The number of rotatable bonds is 9. The van der Waals surface area contributed by atoms with Gasteiger partial charge in [-0.15, -0.1) is 0 Å². The van der Waals surface area contributed by atoms with Gasteiger partial charge in [0.25, 0.3) is 11.8 Å². The Kier molecular flexibility index (Phi) is 13.0. The van der Waals surface area contributed by atoms with E-state index < -0.39 is 29.6 Å². The SMILES string of the molecule is CN=C(/C=C(\N)c1cc(Cl)cc(CC(C)N=C(/C=C(\N)c2ccccc2C(F)(F)F)NC(=O)c2cc3ncccc3cc2Cl)c1)NC(=O)c1cc2ncccc2cc1Cl. The van der Waals surface area contributed by atoms with E-state index in [1.54, 1.807) is 73.9 Å². The molecule has 0 aliphatic carbocycles. The van der Waals surface area contributed by atoms with Crippen molar-refractivity contribution in [2.24, 2.45) is 21.5 Å². The van der Waals surface area contributed by atoms with E-state index in [1.165, 1.54) is 37.4 Å². The van der Waals surface area contributed by atoms with E-state index in [1.807, 2.05) is 6.07 Å². The normalized spacial score (nSPS) is 13.4. The molecule has 2 heterocycles. The molecule has 1 atom stereocenters. The Labute approximate surface area is 351 Å². The molecule has 300 valence electrons. The van der Waals surface area contributed by atoms with Gasteiger partial charge in [0.15, 0.2) is 0 Å². The van der Waals surface area contributed by atoms with Crippen LogP contribution in [0.5, 0.6) is 0 Å². The first kappa shape index (κ1) is 42.3. The van der Waals surface area contributed by atoms with Crippen LogP contribution in [0.4, 0.5) is 13.2 Å². The number of hydrogen-bond donors (Lipinski definition) is 4. The summed E-state index contributed by atoms with van der Waals surface area (Å²) >= 11 is 19.4. The topological polar surface area (TPSA) is 161 Å². The Balaban J connectivity index is 1.27. The number of fused-ring (bicyclic) bond motifs is 2. The number of halogens is 6. The van der Waals surface area contributed by atoms with Gasteiger partial charge in [-0.25, -0.2) is 0 Å². The summed E-state index contributed by atoms with van der Waals surface area (Å²) in [5.41, 5.74) is 13.9. The number of hydrogen-bond acceptors (Lipinski definition) is 8. The summed E-state index contributed by atoms with van der Waals surface area (Å²) in [7, 11) is 1.48. The number of alkyl halides is 3.